The lowest BCUT2D eigenvalue weighted by Crippen LogP contribution is -2.19. The number of halogens is 1. The third-order valence-electron chi connectivity index (χ3n) is 2.26. The van der Waals surface area contributed by atoms with Crippen molar-refractivity contribution in [2.24, 2.45) is 0 Å². The number of unbranched alkanes of at least 4 members (excludes halogenated alkanes) is 1. The van der Waals surface area contributed by atoms with Crippen molar-refractivity contribution in [2.75, 3.05) is 20.3 Å². The van der Waals surface area contributed by atoms with Gasteiger partial charge in [0.2, 0.25) is 0 Å². The van der Waals surface area contributed by atoms with E-state index in [0.29, 0.717) is 0 Å². The Hall–Kier alpha value is -0.320. The molecular weight excluding hydrogens is 258 g/mol. The van der Waals surface area contributed by atoms with Crippen LogP contribution in [0, 0.1) is 0 Å². The molecule has 0 radical (unpaired) electrons. The second-order valence-electron chi connectivity index (χ2n) is 3.51. The van der Waals surface area contributed by atoms with Crippen molar-refractivity contribution in [1.29, 1.82) is 0 Å². The predicted octanol–water partition coefficient (Wildman–Crippen LogP) is 3.12. The van der Waals surface area contributed by atoms with E-state index in [1.165, 1.54) is 0 Å². The lowest BCUT2D eigenvalue weighted by atomic mass is 10.2. The summed E-state index contributed by atoms with van der Waals surface area (Å²) in [6, 6.07) is 2.16. The summed E-state index contributed by atoms with van der Waals surface area (Å²) in [4.78, 5) is 0. The molecule has 0 saturated heterocycles. The van der Waals surface area contributed by atoms with Crippen LogP contribution in [-0.4, -0.2) is 20.3 Å². The smallest absolute Gasteiger partial charge is 0.134 e. The van der Waals surface area contributed by atoms with Gasteiger partial charge in [0, 0.05) is 13.7 Å². The van der Waals surface area contributed by atoms with Crippen molar-refractivity contribution >= 4 is 15.9 Å². The van der Waals surface area contributed by atoms with E-state index in [2.05, 4.69) is 28.2 Å². The second kappa shape index (κ2) is 7.04. The van der Waals surface area contributed by atoms with Gasteiger partial charge in [0.25, 0.3) is 0 Å². The van der Waals surface area contributed by atoms with E-state index in [1.807, 2.05) is 6.07 Å². The van der Waals surface area contributed by atoms with Gasteiger partial charge in [-0.15, -0.1) is 0 Å². The molecular formula is C11H18BrNO2. The monoisotopic (exact) mass is 275 g/mol. The van der Waals surface area contributed by atoms with Crippen LogP contribution in [0.1, 0.15) is 31.6 Å². The van der Waals surface area contributed by atoms with Crippen LogP contribution < -0.4 is 5.32 Å². The van der Waals surface area contributed by atoms with Crippen molar-refractivity contribution in [3.63, 3.8) is 0 Å². The second-order valence-corrected chi connectivity index (χ2v) is 4.36. The predicted molar refractivity (Wildman–Crippen MR) is 63.9 cm³/mol. The highest BCUT2D eigenvalue weighted by atomic mass is 79.9. The number of methoxy groups -OCH3 is 1. The summed E-state index contributed by atoms with van der Waals surface area (Å²) in [5.41, 5.74) is 0. The lowest BCUT2D eigenvalue weighted by Gasteiger charge is -2.11. The Kier molecular flexibility index (Phi) is 5.98. The number of nitrogens with one attached hydrogen (secondary N) is 1. The van der Waals surface area contributed by atoms with E-state index < -0.39 is 0 Å². The first-order valence-electron chi connectivity index (χ1n) is 5.21. The topological polar surface area (TPSA) is 34.4 Å². The van der Waals surface area contributed by atoms with E-state index in [-0.39, 0.29) is 6.04 Å². The van der Waals surface area contributed by atoms with E-state index in [1.54, 1.807) is 13.4 Å². The summed E-state index contributed by atoms with van der Waals surface area (Å²) in [5.74, 6) is 0.960. The molecule has 1 unspecified atom stereocenters. The fourth-order valence-electron chi connectivity index (χ4n) is 1.40. The largest absolute Gasteiger partial charge is 0.466 e. The summed E-state index contributed by atoms with van der Waals surface area (Å²) in [7, 11) is 1.73. The molecule has 3 nitrogen and oxygen atoms in total. The summed E-state index contributed by atoms with van der Waals surface area (Å²) in [5, 5.41) is 3.41. The molecule has 1 aromatic heterocycles. The number of rotatable bonds is 7. The van der Waals surface area contributed by atoms with Crippen LogP contribution >= 0.6 is 15.9 Å². The minimum atomic E-state index is 0.247. The number of ether oxygens (including phenoxy) is 1. The highest BCUT2D eigenvalue weighted by Crippen LogP contribution is 2.23. The highest BCUT2D eigenvalue weighted by molar-refractivity contribution is 9.10. The van der Waals surface area contributed by atoms with E-state index in [9.17, 15) is 0 Å². The molecule has 0 fully saturated rings. The Bertz CT molecular complexity index is 275. The van der Waals surface area contributed by atoms with E-state index in [0.717, 1.165) is 36.2 Å². The molecule has 0 aliphatic rings. The summed E-state index contributed by atoms with van der Waals surface area (Å²) in [6.45, 7) is 3.91. The average Bonchev–Trinajstić information content (AvgIpc) is 2.64. The Labute approximate surface area is 99.3 Å². The summed E-state index contributed by atoms with van der Waals surface area (Å²) in [6.07, 6.45) is 3.91. The van der Waals surface area contributed by atoms with Crippen molar-refractivity contribution < 1.29 is 9.15 Å². The van der Waals surface area contributed by atoms with Crippen LogP contribution in [0.5, 0.6) is 0 Å². The quantitative estimate of drug-likeness (QED) is 0.777. The third kappa shape index (κ3) is 4.36. The molecule has 0 spiro atoms. The zero-order chi connectivity index (χ0) is 11.1. The third-order valence-corrected chi connectivity index (χ3v) is 2.92. The van der Waals surface area contributed by atoms with Gasteiger partial charge in [-0.2, -0.15) is 0 Å². The van der Waals surface area contributed by atoms with Gasteiger partial charge in [0.15, 0.2) is 0 Å². The first kappa shape index (κ1) is 12.7. The van der Waals surface area contributed by atoms with Gasteiger partial charge in [-0.3, -0.25) is 0 Å². The molecule has 86 valence electrons. The lowest BCUT2D eigenvalue weighted by molar-refractivity contribution is 0.192. The Morgan fingerprint density at radius 3 is 2.93 bits per heavy atom. The molecule has 0 aliphatic carbocycles. The van der Waals surface area contributed by atoms with E-state index in [4.69, 9.17) is 9.15 Å². The van der Waals surface area contributed by atoms with Gasteiger partial charge in [0.05, 0.1) is 16.8 Å². The summed E-state index contributed by atoms with van der Waals surface area (Å²) >= 11 is 3.45. The molecule has 1 aromatic rings. The number of hydrogen-bond acceptors (Lipinski definition) is 3. The van der Waals surface area contributed by atoms with Gasteiger partial charge >= 0.3 is 0 Å². The molecule has 15 heavy (non-hydrogen) atoms. The zero-order valence-electron chi connectivity index (χ0n) is 9.25. The maximum Gasteiger partial charge on any atom is 0.134 e. The first-order chi connectivity index (χ1) is 7.25. The first-order valence-corrected chi connectivity index (χ1v) is 6.00. The maximum absolute atomic E-state index is 5.37. The van der Waals surface area contributed by atoms with Crippen LogP contribution in [0.2, 0.25) is 0 Å². The van der Waals surface area contributed by atoms with Gasteiger partial charge < -0.3 is 14.5 Å². The van der Waals surface area contributed by atoms with Crippen LogP contribution in [0.25, 0.3) is 0 Å². The van der Waals surface area contributed by atoms with Crippen LogP contribution in [-0.2, 0) is 4.74 Å². The van der Waals surface area contributed by atoms with Crippen LogP contribution in [0.15, 0.2) is 21.2 Å². The fourth-order valence-corrected chi connectivity index (χ4v) is 1.94. The van der Waals surface area contributed by atoms with Gasteiger partial charge in [-0.1, -0.05) is 0 Å². The van der Waals surface area contributed by atoms with Crippen molar-refractivity contribution in [1.82, 2.24) is 5.32 Å². The molecule has 1 rings (SSSR count). The zero-order valence-corrected chi connectivity index (χ0v) is 10.8. The normalized spacial score (nSPS) is 13.0. The molecule has 1 heterocycles. The van der Waals surface area contributed by atoms with Crippen molar-refractivity contribution in [2.45, 2.75) is 25.8 Å². The number of hydrogen-bond donors (Lipinski definition) is 1. The molecule has 1 atom stereocenters. The van der Waals surface area contributed by atoms with Gasteiger partial charge in [0.1, 0.15) is 5.76 Å². The average molecular weight is 276 g/mol. The molecule has 0 bridgehead atoms. The standard InChI is InChI=1S/C11H18BrNO2/c1-9(11-10(12)5-8-15-11)13-6-3-4-7-14-2/h5,8-9,13H,3-4,6-7H2,1-2H3. The Balaban J connectivity index is 2.19. The number of furan rings is 1. The fraction of sp³-hybridized carbons (Fsp3) is 0.636. The van der Waals surface area contributed by atoms with Crippen LogP contribution in [0.3, 0.4) is 0 Å². The van der Waals surface area contributed by atoms with Crippen LogP contribution in [0.4, 0.5) is 0 Å². The minimum Gasteiger partial charge on any atom is -0.466 e. The molecule has 4 heteroatoms. The maximum atomic E-state index is 5.37. The highest BCUT2D eigenvalue weighted by Gasteiger charge is 2.11. The SMILES string of the molecule is COCCCCNC(C)c1occc1Br. The molecule has 1 N–H and O–H groups in total. The minimum absolute atomic E-state index is 0.247. The Morgan fingerprint density at radius 1 is 1.53 bits per heavy atom. The Morgan fingerprint density at radius 2 is 2.33 bits per heavy atom. The summed E-state index contributed by atoms with van der Waals surface area (Å²) < 4.78 is 11.4. The van der Waals surface area contributed by atoms with Crippen molar-refractivity contribution in [3.8, 4) is 0 Å². The molecule has 0 aliphatic heterocycles. The molecule has 0 saturated carbocycles. The molecule has 0 aromatic carbocycles. The van der Waals surface area contributed by atoms with Crippen molar-refractivity contribution in [3.05, 3.63) is 22.6 Å². The van der Waals surface area contributed by atoms with Gasteiger partial charge in [-0.25, -0.2) is 0 Å². The van der Waals surface area contributed by atoms with Gasteiger partial charge in [-0.05, 0) is 48.3 Å². The molecule has 0 amide bonds. The van der Waals surface area contributed by atoms with E-state index >= 15 is 0 Å².